The summed E-state index contributed by atoms with van der Waals surface area (Å²) in [6.45, 7) is 0. The molecule has 0 aliphatic heterocycles. The first-order chi connectivity index (χ1) is 10.8. The zero-order chi connectivity index (χ0) is 14.9. The molecular formula is C18H15N3O. The van der Waals surface area contributed by atoms with Gasteiger partial charge in [-0.1, -0.05) is 18.2 Å². The van der Waals surface area contributed by atoms with E-state index in [-0.39, 0.29) is 11.8 Å². The number of nitrogens with one attached hydrogen (secondary N) is 1. The molecule has 3 aromatic rings. The van der Waals surface area contributed by atoms with Crippen LogP contribution in [0, 0.1) is 5.92 Å². The predicted octanol–water partition coefficient (Wildman–Crippen LogP) is 3.37. The van der Waals surface area contributed by atoms with Crippen LogP contribution in [0.2, 0.25) is 0 Å². The molecule has 2 heterocycles. The molecule has 1 fully saturated rings. The largest absolute Gasteiger partial charge is 0.325 e. The first-order valence-electron chi connectivity index (χ1n) is 7.36. The molecule has 0 bridgehead atoms. The van der Waals surface area contributed by atoms with Gasteiger partial charge in [-0.05, 0) is 36.1 Å². The summed E-state index contributed by atoms with van der Waals surface area (Å²) in [4.78, 5) is 20.7. The third kappa shape index (κ3) is 2.33. The lowest BCUT2D eigenvalue weighted by Gasteiger charge is -2.08. The maximum absolute atomic E-state index is 12.5. The molecule has 1 aliphatic rings. The normalized spacial score (nSPS) is 19.8. The van der Waals surface area contributed by atoms with E-state index in [9.17, 15) is 4.79 Å². The first kappa shape index (κ1) is 13.0. The molecule has 4 heteroatoms. The summed E-state index contributed by atoms with van der Waals surface area (Å²) < 4.78 is 0. The lowest BCUT2D eigenvalue weighted by molar-refractivity contribution is -0.117. The Hall–Kier alpha value is -2.75. The minimum absolute atomic E-state index is 0.0429. The van der Waals surface area contributed by atoms with E-state index in [1.165, 1.54) is 0 Å². The summed E-state index contributed by atoms with van der Waals surface area (Å²) in [5, 5.41) is 5.11. The molecule has 1 aromatic carbocycles. The number of hydrogen-bond acceptors (Lipinski definition) is 3. The third-order valence-corrected chi connectivity index (χ3v) is 4.18. The fraction of sp³-hybridized carbons (Fsp3) is 0.167. The molecule has 2 aromatic heterocycles. The molecular weight excluding hydrogens is 274 g/mol. The first-order valence-corrected chi connectivity index (χ1v) is 7.36. The van der Waals surface area contributed by atoms with Gasteiger partial charge >= 0.3 is 0 Å². The van der Waals surface area contributed by atoms with Crippen molar-refractivity contribution in [2.24, 2.45) is 5.92 Å². The van der Waals surface area contributed by atoms with Crippen LogP contribution in [0.3, 0.4) is 0 Å². The second kappa shape index (κ2) is 5.22. The van der Waals surface area contributed by atoms with E-state index in [4.69, 9.17) is 0 Å². The number of carbonyl (C=O) groups is 1. The van der Waals surface area contributed by atoms with E-state index < -0.39 is 0 Å². The summed E-state index contributed by atoms with van der Waals surface area (Å²) in [5.74, 6) is 0.421. The number of fused-ring (bicyclic) bond motifs is 1. The Morgan fingerprint density at radius 3 is 2.82 bits per heavy atom. The van der Waals surface area contributed by atoms with Gasteiger partial charge in [0.2, 0.25) is 5.91 Å². The molecule has 1 amide bonds. The van der Waals surface area contributed by atoms with Crippen molar-refractivity contribution in [1.29, 1.82) is 0 Å². The van der Waals surface area contributed by atoms with Gasteiger partial charge in [0.15, 0.2) is 0 Å². The SMILES string of the molecule is O=C(Nc1cccc2cnccc12)[C@@H]1C[C@H]1c1cccnc1. The minimum atomic E-state index is 0.0429. The van der Waals surface area contributed by atoms with Gasteiger partial charge in [0.25, 0.3) is 0 Å². The van der Waals surface area contributed by atoms with E-state index in [1.54, 1.807) is 18.6 Å². The lowest BCUT2D eigenvalue weighted by atomic mass is 10.1. The highest BCUT2D eigenvalue weighted by molar-refractivity contribution is 6.03. The van der Waals surface area contributed by atoms with Crippen LogP contribution in [-0.2, 0) is 4.79 Å². The number of rotatable bonds is 3. The maximum atomic E-state index is 12.5. The molecule has 0 radical (unpaired) electrons. The molecule has 22 heavy (non-hydrogen) atoms. The maximum Gasteiger partial charge on any atom is 0.228 e. The van der Waals surface area contributed by atoms with Gasteiger partial charge < -0.3 is 5.32 Å². The number of pyridine rings is 2. The Morgan fingerprint density at radius 1 is 1.05 bits per heavy atom. The highest BCUT2D eigenvalue weighted by atomic mass is 16.2. The molecule has 0 spiro atoms. The summed E-state index contributed by atoms with van der Waals surface area (Å²) in [5.41, 5.74) is 1.99. The van der Waals surface area contributed by atoms with E-state index in [1.807, 2.05) is 42.6 Å². The number of aromatic nitrogens is 2. The topological polar surface area (TPSA) is 54.9 Å². The standard InChI is InChI=1S/C18H15N3O/c22-18(16-9-15(16)13-4-2-7-19-11-13)21-17-5-1-3-12-10-20-8-6-14(12)17/h1-8,10-11,15-16H,9H2,(H,21,22)/t15-,16+/m0/s1. The third-order valence-electron chi connectivity index (χ3n) is 4.18. The highest BCUT2D eigenvalue weighted by Crippen LogP contribution is 2.47. The smallest absolute Gasteiger partial charge is 0.228 e. The second-order valence-corrected chi connectivity index (χ2v) is 5.63. The van der Waals surface area contributed by atoms with Crippen LogP contribution in [-0.4, -0.2) is 15.9 Å². The van der Waals surface area contributed by atoms with Crippen molar-refractivity contribution < 1.29 is 4.79 Å². The Morgan fingerprint density at radius 2 is 1.95 bits per heavy atom. The van der Waals surface area contributed by atoms with Gasteiger partial charge in [-0.15, -0.1) is 0 Å². The monoisotopic (exact) mass is 289 g/mol. The Balaban J connectivity index is 1.53. The van der Waals surface area contributed by atoms with Crippen LogP contribution < -0.4 is 5.32 Å². The van der Waals surface area contributed by atoms with Crippen LogP contribution >= 0.6 is 0 Å². The fourth-order valence-electron chi connectivity index (χ4n) is 2.91. The van der Waals surface area contributed by atoms with Crippen molar-refractivity contribution in [3.8, 4) is 0 Å². The summed E-state index contributed by atoms with van der Waals surface area (Å²) in [6.07, 6.45) is 8.05. The second-order valence-electron chi connectivity index (χ2n) is 5.63. The van der Waals surface area contributed by atoms with Crippen LogP contribution in [0.15, 0.2) is 61.2 Å². The molecule has 1 saturated carbocycles. The number of benzene rings is 1. The Labute approximate surface area is 128 Å². The van der Waals surface area contributed by atoms with E-state index in [0.717, 1.165) is 28.4 Å². The Bertz CT molecular complexity index is 827. The summed E-state index contributed by atoms with van der Waals surface area (Å²) >= 11 is 0. The summed E-state index contributed by atoms with van der Waals surface area (Å²) in [6, 6.07) is 11.7. The molecule has 0 unspecified atom stereocenters. The van der Waals surface area contributed by atoms with Crippen LogP contribution in [0.4, 0.5) is 5.69 Å². The van der Waals surface area contributed by atoms with Gasteiger partial charge in [-0.3, -0.25) is 14.8 Å². The number of anilines is 1. The quantitative estimate of drug-likeness (QED) is 0.804. The van der Waals surface area contributed by atoms with Crippen molar-refractivity contribution >= 4 is 22.4 Å². The van der Waals surface area contributed by atoms with Crippen molar-refractivity contribution in [1.82, 2.24) is 9.97 Å². The van der Waals surface area contributed by atoms with Crippen molar-refractivity contribution in [2.75, 3.05) is 5.32 Å². The van der Waals surface area contributed by atoms with Crippen LogP contribution in [0.5, 0.6) is 0 Å². The number of amides is 1. The van der Waals surface area contributed by atoms with Crippen molar-refractivity contribution in [3.05, 3.63) is 66.7 Å². The Kier molecular flexibility index (Phi) is 3.07. The average molecular weight is 289 g/mol. The zero-order valence-electron chi connectivity index (χ0n) is 11.9. The molecule has 1 aliphatic carbocycles. The minimum Gasteiger partial charge on any atom is -0.325 e. The predicted molar refractivity (Wildman–Crippen MR) is 85.5 cm³/mol. The molecule has 0 saturated heterocycles. The molecule has 108 valence electrons. The fourth-order valence-corrected chi connectivity index (χ4v) is 2.91. The lowest BCUT2D eigenvalue weighted by Crippen LogP contribution is -2.14. The van der Waals surface area contributed by atoms with E-state index in [2.05, 4.69) is 15.3 Å². The van der Waals surface area contributed by atoms with Crippen LogP contribution in [0.25, 0.3) is 10.8 Å². The summed E-state index contributed by atoms with van der Waals surface area (Å²) in [7, 11) is 0. The van der Waals surface area contributed by atoms with E-state index >= 15 is 0 Å². The average Bonchev–Trinajstić information content (AvgIpc) is 3.37. The van der Waals surface area contributed by atoms with Gasteiger partial charge in [0.1, 0.15) is 0 Å². The number of hydrogen-bond donors (Lipinski definition) is 1. The van der Waals surface area contributed by atoms with Crippen molar-refractivity contribution in [2.45, 2.75) is 12.3 Å². The van der Waals surface area contributed by atoms with E-state index in [0.29, 0.717) is 5.92 Å². The molecule has 1 N–H and O–H groups in total. The highest BCUT2D eigenvalue weighted by Gasteiger charge is 2.44. The molecule has 4 nitrogen and oxygen atoms in total. The van der Waals surface area contributed by atoms with Gasteiger partial charge in [0.05, 0.1) is 0 Å². The molecule has 4 rings (SSSR count). The van der Waals surface area contributed by atoms with Crippen molar-refractivity contribution in [3.63, 3.8) is 0 Å². The van der Waals surface area contributed by atoms with Gasteiger partial charge in [-0.2, -0.15) is 0 Å². The number of carbonyl (C=O) groups excluding carboxylic acids is 1. The zero-order valence-corrected chi connectivity index (χ0v) is 11.9. The van der Waals surface area contributed by atoms with Gasteiger partial charge in [-0.25, -0.2) is 0 Å². The van der Waals surface area contributed by atoms with Crippen LogP contribution in [0.1, 0.15) is 17.9 Å². The van der Waals surface area contributed by atoms with Gasteiger partial charge in [0, 0.05) is 47.2 Å². The number of nitrogens with zero attached hydrogens (tertiary/aromatic N) is 2. The molecule has 2 atom stereocenters.